The maximum Gasteiger partial charge on any atom is 0.417 e. The molecule has 0 unspecified atom stereocenters. The molecule has 0 bridgehead atoms. The van der Waals surface area contributed by atoms with E-state index >= 15 is 0 Å². The van der Waals surface area contributed by atoms with Crippen LogP contribution in [0.15, 0.2) is 53.7 Å². The zero-order valence-electron chi connectivity index (χ0n) is 14.4. The Balaban J connectivity index is 1.66. The number of nitrogens with one attached hydrogen (secondary N) is 2. The smallest absolute Gasteiger partial charge is 0.417 e. The molecule has 0 spiro atoms. The second kappa shape index (κ2) is 9.65. The average Bonchev–Trinajstić information content (AvgIpc) is 2.64. The molecule has 2 rings (SSSR count). The first-order valence-corrected chi connectivity index (χ1v) is 8.13. The van der Waals surface area contributed by atoms with Gasteiger partial charge in [-0.3, -0.25) is 4.99 Å². The number of rotatable bonds is 7. The number of aliphatic imine (C=N–C) groups is 1. The fourth-order valence-corrected chi connectivity index (χ4v) is 2.15. The second-order valence-electron chi connectivity index (χ2n) is 5.39. The number of pyridine rings is 1. The Bertz CT molecular complexity index is 688. The van der Waals surface area contributed by atoms with E-state index in [4.69, 9.17) is 4.74 Å². The monoisotopic (exact) mass is 366 g/mol. The summed E-state index contributed by atoms with van der Waals surface area (Å²) in [6, 6.07) is 12.2. The summed E-state index contributed by atoms with van der Waals surface area (Å²) in [5.41, 5.74) is 0.429. The van der Waals surface area contributed by atoms with Crippen molar-refractivity contribution < 1.29 is 17.9 Å². The van der Waals surface area contributed by atoms with Gasteiger partial charge in [0.15, 0.2) is 5.96 Å². The Morgan fingerprint density at radius 3 is 2.42 bits per heavy atom. The molecule has 26 heavy (non-hydrogen) atoms. The number of alkyl halides is 3. The summed E-state index contributed by atoms with van der Waals surface area (Å²) in [7, 11) is 1.66. The van der Waals surface area contributed by atoms with Crippen molar-refractivity contribution in [3.63, 3.8) is 0 Å². The van der Waals surface area contributed by atoms with Crippen molar-refractivity contribution in [2.45, 2.75) is 12.6 Å². The van der Waals surface area contributed by atoms with E-state index in [-0.39, 0.29) is 12.5 Å². The molecule has 0 aliphatic carbocycles. The van der Waals surface area contributed by atoms with Gasteiger partial charge in [-0.1, -0.05) is 30.3 Å². The molecule has 140 valence electrons. The number of hydrogen-bond acceptors (Lipinski definition) is 3. The molecule has 1 aromatic heterocycles. The van der Waals surface area contributed by atoms with Gasteiger partial charge in [0.05, 0.1) is 12.1 Å². The number of ether oxygens (including phenoxy) is 1. The van der Waals surface area contributed by atoms with Crippen molar-refractivity contribution >= 4 is 5.96 Å². The highest BCUT2D eigenvalue weighted by Gasteiger charge is 2.30. The molecule has 0 saturated heterocycles. The number of aromatic nitrogens is 1. The van der Waals surface area contributed by atoms with Gasteiger partial charge < -0.3 is 15.4 Å². The highest BCUT2D eigenvalue weighted by Crippen LogP contribution is 2.29. The van der Waals surface area contributed by atoms with E-state index in [0.717, 1.165) is 25.2 Å². The van der Waals surface area contributed by atoms with Gasteiger partial charge in [0.1, 0.15) is 6.61 Å². The SMILES string of the molecule is CN=C(NCCOc1ccc(C(F)(F)F)cn1)NCCc1ccccc1. The summed E-state index contributed by atoms with van der Waals surface area (Å²) < 4.78 is 42.7. The van der Waals surface area contributed by atoms with Crippen LogP contribution in [-0.4, -0.2) is 37.7 Å². The number of guanidine groups is 1. The molecule has 2 N–H and O–H groups in total. The molecular weight excluding hydrogens is 345 g/mol. The first-order chi connectivity index (χ1) is 12.5. The number of benzene rings is 1. The van der Waals surface area contributed by atoms with Crippen LogP contribution in [-0.2, 0) is 12.6 Å². The highest BCUT2D eigenvalue weighted by atomic mass is 19.4. The van der Waals surface area contributed by atoms with Crippen molar-refractivity contribution in [3.05, 3.63) is 59.8 Å². The minimum absolute atomic E-state index is 0.145. The number of hydrogen-bond donors (Lipinski definition) is 2. The summed E-state index contributed by atoms with van der Waals surface area (Å²) in [5, 5.41) is 6.25. The van der Waals surface area contributed by atoms with E-state index in [1.807, 2.05) is 18.2 Å². The average molecular weight is 366 g/mol. The Morgan fingerprint density at radius 2 is 1.81 bits per heavy atom. The van der Waals surface area contributed by atoms with Crippen LogP contribution < -0.4 is 15.4 Å². The summed E-state index contributed by atoms with van der Waals surface area (Å²) in [5.74, 6) is 0.775. The van der Waals surface area contributed by atoms with Crippen LogP contribution in [0, 0.1) is 0 Å². The van der Waals surface area contributed by atoms with Gasteiger partial charge in [0.25, 0.3) is 0 Å². The van der Waals surface area contributed by atoms with Gasteiger partial charge in [-0.05, 0) is 18.1 Å². The van der Waals surface area contributed by atoms with Crippen LogP contribution >= 0.6 is 0 Å². The lowest BCUT2D eigenvalue weighted by molar-refractivity contribution is -0.137. The molecule has 0 fully saturated rings. The van der Waals surface area contributed by atoms with Gasteiger partial charge in [-0.15, -0.1) is 0 Å². The number of nitrogens with zero attached hydrogens (tertiary/aromatic N) is 2. The van der Waals surface area contributed by atoms with E-state index in [9.17, 15) is 13.2 Å². The summed E-state index contributed by atoms with van der Waals surface area (Å²) >= 11 is 0. The van der Waals surface area contributed by atoms with Crippen molar-refractivity contribution in [1.29, 1.82) is 0 Å². The Hall–Kier alpha value is -2.77. The fourth-order valence-electron chi connectivity index (χ4n) is 2.15. The topological polar surface area (TPSA) is 58.5 Å². The van der Waals surface area contributed by atoms with Crippen molar-refractivity contribution in [2.24, 2.45) is 4.99 Å². The lowest BCUT2D eigenvalue weighted by Gasteiger charge is -2.12. The maximum atomic E-state index is 12.5. The minimum Gasteiger partial charge on any atom is -0.476 e. The molecule has 0 aliphatic heterocycles. The number of halogens is 3. The highest BCUT2D eigenvalue weighted by molar-refractivity contribution is 5.79. The van der Waals surface area contributed by atoms with E-state index in [1.54, 1.807) is 7.05 Å². The first kappa shape index (κ1) is 19.6. The summed E-state index contributed by atoms with van der Waals surface area (Å²) in [6.07, 6.45) is -2.77. The van der Waals surface area contributed by atoms with E-state index in [2.05, 4.69) is 32.7 Å². The summed E-state index contributed by atoms with van der Waals surface area (Å²) in [6.45, 7) is 1.41. The van der Waals surface area contributed by atoms with Gasteiger partial charge in [-0.25, -0.2) is 4.98 Å². The van der Waals surface area contributed by atoms with E-state index in [1.165, 1.54) is 11.6 Å². The molecule has 2 aromatic rings. The van der Waals surface area contributed by atoms with Gasteiger partial charge in [-0.2, -0.15) is 13.2 Å². The minimum atomic E-state index is -4.40. The molecule has 1 aromatic carbocycles. The first-order valence-electron chi connectivity index (χ1n) is 8.13. The van der Waals surface area contributed by atoms with Crippen LogP contribution in [0.25, 0.3) is 0 Å². The lowest BCUT2D eigenvalue weighted by Crippen LogP contribution is -2.40. The molecule has 0 atom stereocenters. The molecule has 0 aliphatic rings. The molecule has 0 radical (unpaired) electrons. The molecular formula is C18H21F3N4O. The quantitative estimate of drug-likeness (QED) is 0.449. The van der Waals surface area contributed by atoms with Crippen LogP contribution in [0.5, 0.6) is 5.88 Å². The van der Waals surface area contributed by atoms with Crippen molar-refractivity contribution in [3.8, 4) is 5.88 Å². The zero-order valence-corrected chi connectivity index (χ0v) is 14.4. The Labute approximate surface area is 150 Å². The predicted molar refractivity (Wildman–Crippen MR) is 94.2 cm³/mol. The Morgan fingerprint density at radius 1 is 1.08 bits per heavy atom. The fraction of sp³-hybridized carbons (Fsp3) is 0.333. The predicted octanol–water partition coefficient (Wildman–Crippen LogP) is 2.89. The third kappa shape index (κ3) is 6.62. The summed E-state index contributed by atoms with van der Waals surface area (Å²) in [4.78, 5) is 7.75. The molecule has 5 nitrogen and oxygen atoms in total. The molecule has 0 amide bonds. The molecule has 1 heterocycles. The van der Waals surface area contributed by atoms with Gasteiger partial charge in [0.2, 0.25) is 5.88 Å². The standard InChI is InChI=1S/C18H21F3N4O/c1-22-17(23-10-9-14-5-3-2-4-6-14)24-11-12-26-16-8-7-15(13-25-16)18(19,20)21/h2-8,13H,9-12H2,1H3,(H2,22,23,24). The maximum absolute atomic E-state index is 12.5. The normalized spacial score (nSPS) is 11.9. The molecule has 0 saturated carbocycles. The van der Waals surface area contributed by atoms with Crippen LogP contribution in [0.3, 0.4) is 0 Å². The van der Waals surface area contributed by atoms with Gasteiger partial charge in [0, 0.05) is 25.9 Å². The van der Waals surface area contributed by atoms with E-state index < -0.39 is 11.7 Å². The lowest BCUT2D eigenvalue weighted by atomic mass is 10.1. The third-order valence-corrected chi connectivity index (χ3v) is 3.48. The molecule has 8 heteroatoms. The van der Waals surface area contributed by atoms with Gasteiger partial charge >= 0.3 is 6.18 Å². The largest absolute Gasteiger partial charge is 0.476 e. The van der Waals surface area contributed by atoms with Crippen molar-refractivity contribution in [1.82, 2.24) is 15.6 Å². The Kier molecular flexibility index (Phi) is 7.25. The van der Waals surface area contributed by atoms with E-state index in [0.29, 0.717) is 12.5 Å². The van der Waals surface area contributed by atoms with Crippen molar-refractivity contribution in [2.75, 3.05) is 26.7 Å². The van der Waals surface area contributed by atoms with Crippen LogP contribution in [0.4, 0.5) is 13.2 Å². The third-order valence-electron chi connectivity index (χ3n) is 3.48. The second-order valence-corrected chi connectivity index (χ2v) is 5.39. The zero-order chi connectivity index (χ0) is 18.8. The van der Waals surface area contributed by atoms with Crippen LogP contribution in [0.1, 0.15) is 11.1 Å². The van der Waals surface area contributed by atoms with Crippen LogP contribution in [0.2, 0.25) is 0 Å².